The minimum Gasteiger partial charge on any atom is -0.496 e. The summed E-state index contributed by atoms with van der Waals surface area (Å²) >= 11 is 0. The first-order valence-corrected chi connectivity index (χ1v) is 10.2. The number of H-pyrrole nitrogens is 1. The summed E-state index contributed by atoms with van der Waals surface area (Å²) in [5.41, 5.74) is 3.03. The predicted octanol–water partition coefficient (Wildman–Crippen LogP) is 4.97. The SMILES string of the molecule is CCn1c(-c2cc(NC(=O)CCC3CCCC3)n[nH]2)cc2c(OC)cccc21. The van der Waals surface area contributed by atoms with Crippen molar-refractivity contribution in [1.82, 2.24) is 14.8 Å². The van der Waals surface area contributed by atoms with Crippen molar-refractivity contribution < 1.29 is 9.53 Å². The lowest BCUT2D eigenvalue weighted by atomic mass is 10.0. The Labute approximate surface area is 165 Å². The molecule has 6 heteroatoms. The molecule has 2 N–H and O–H groups in total. The van der Waals surface area contributed by atoms with Crippen LogP contribution in [0.3, 0.4) is 0 Å². The van der Waals surface area contributed by atoms with Crippen LogP contribution in [0.5, 0.6) is 5.75 Å². The third kappa shape index (κ3) is 3.63. The molecule has 0 bridgehead atoms. The Hall–Kier alpha value is -2.76. The number of methoxy groups -OCH3 is 1. The molecule has 0 unspecified atom stereocenters. The second-order valence-electron chi connectivity index (χ2n) is 7.57. The van der Waals surface area contributed by atoms with Crippen molar-refractivity contribution in [3.63, 3.8) is 0 Å². The van der Waals surface area contributed by atoms with E-state index in [9.17, 15) is 4.79 Å². The van der Waals surface area contributed by atoms with Crippen molar-refractivity contribution in [2.24, 2.45) is 5.92 Å². The highest BCUT2D eigenvalue weighted by atomic mass is 16.5. The standard InChI is InChI=1S/C22H28N4O2/c1-3-26-18-9-6-10-20(28-2)16(18)13-19(26)17-14-21(25-24-17)23-22(27)12-11-15-7-4-5-8-15/h6,9-10,13-15H,3-5,7-8,11-12H2,1-2H3,(H2,23,24,25,27). The highest BCUT2D eigenvalue weighted by molar-refractivity contribution is 5.93. The quantitative estimate of drug-likeness (QED) is 0.608. The molecule has 2 heterocycles. The topological polar surface area (TPSA) is 71.9 Å². The van der Waals surface area contributed by atoms with Crippen LogP contribution in [0, 0.1) is 5.92 Å². The summed E-state index contributed by atoms with van der Waals surface area (Å²) in [6.45, 7) is 2.94. The molecule has 1 aliphatic rings. The number of fused-ring (bicyclic) bond motifs is 1. The molecule has 3 aromatic rings. The number of aromatic nitrogens is 3. The maximum absolute atomic E-state index is 12.3. The number of amides is 1. The molecule has 0 saturated heterocycles. The minimum absolute atomic E-state index is 0.0441. The van der Waals surface area contributed by atoms with Crippen LogP contribution in [0.25, 0.3) is 22.3 Å². The van der Waals surface area contributed by atoms with Crippen molar-refractivity contribution in [2.75, 3.05) is 12.4 Å². The number of aromatic amines is 1. The summed E-state index contributed by atoms with van der Waals surface area (Å²) in [4.78, 5) is 12.3. The molecule has 0 atom stereocenters. The lowest BCUT2D eigenvalue weighted by Gasteiger charge is -2.07. The van der Waals surface area contributed by atoms with Gasteiger partial charge in [0.25, 0.3) is 0 Å². The van der Waals surface area contributed by atoms with E-state index < -0.39 is 0 Å². The third-order valence-electron chi connectivity index (χ3n) is 5.82. The zero-order valence-electron chi connectivity index (χ0n) is 16.6. The average molecular weight is 380 g/mol. The zero-order chi connectivity index (χ0) is 19.5. The number of aryl methyl sites for hydroxylation is 1. The Balaban J connectivity index is 1.51. The van der Waals surface area contributed by atoms with Crippen LogP contribution < -0.4 is 10.1 Å². The van der Waals surface area contributed by atoms with E-state index in [1.165, 1.54) is 25.7 Å². The zero-order valence-corrected chi connectivity index (χ0v) is 16.6. The number of hydrogen-bond donors (Lipinski definition) is 2. The second-order valence-corrected chi connectivity index (χ2v) is 7.57. The van der Waals surface area contributed by atoms with E-state index in [-0.39, 0.29) is 5.91 Å². The molecule has 1 aromatic carbocycles. The Morgan fingerprint density at radius 3 is 2.89 bits per heavy atom. The van der Waals surface area contributed by atoms with Crippen molar-refractivity contribution in [3.8, 4) is 17.1 Å². The molecule has 6 nitrogen and oxygen atoms in total. The Kier molecular flexibility index (Phi) is 5.37. The maximum atomic E-state index is 12.3. The first-order valence-electron chi connectivity index (χ1n) is 10.2. The Morgan fingerprint density at radius 2 is 2.14 bits per heavy atom. The fraction of sp³-hybridized carbons (Fsp3) is 0.455. The molecule has 1 amide bonds. The maximum Gasteiger partial charge on any atom is 0.225 e. The van der Waals surface area contributed by atoms with Gasteiger partial charge in [-0.1, -0.05) is 31.7 Å². The highest BCUT2D eigenvalue weighted by Gasteiger charge is 2.18. The van der Waals surface area contributed by atoms with Crippen LogP contribution in [-0.4, -0.2) is 27.8 Å². The van der Waals surface area contributed by atoms with Crippen LogP contribution in [-0.2, 0) is 11.3 Å². The number of nitrogens with one attached hydrogen (secondary N) is 2. The van der Waals surface area contributed by atoms with Gasteiger partial charge >= 0.3 is 0 Å². The van der Waals surface area contributed by atoms with Gasteiger partial charge in [0.05, 0.1) is 24.0 Å². The van der Waals surface area contributed by atoms with Gasteiger partial charge in [-0.15, -0.1) is 0 Å². The van der Waals surface area contributed by atoms with Gasteiger partial charge in [0.2, 0.25) is 5.91 Å². The van der Waals surface area contributed by atoms with Crippen molar-refractivity contribution >= 4 is 22.6 Å². The summed E-state index contributed by atoms with van der Waals surface area (Å²) in [6.07, 6.45) is 6.71. The number of nitrogens with zero attached hydrogens (tertiary/aromatic N) is 2. The fourth-order valence-electron chi connectivity index (χ4n) is 4.36. The van der Waals surface area contributed by atoms with Gasteiger partial charge in [0.15, 0.2) is 5.82 Å². The smallest absolute Gasteiger partial charge is 0.225 e. The third-order valence-corrected chi connectivity index (χ3v) is 5.82. The molecular formula is C22H28N4O2. The van der Waals surface area contributed by atoms with Gasteiger partial charge in [-0.25, -0.2) is 0 Å². The van der Waals surface area contributed by atoms with Crippen LogP contribution in [0.2, 0.25) is 0 Å². The molecule has 148 valence electrons. The van der Waals surface area contributed by atoms with E-state index in [0.29, 0.717) is 12.2 Å². The summed E-state index contributed by atoms with van der Waals surface area (Å²) < 4.78 is 7.73. The van der Waals surface area contributed by atoms with Gasteiger partial charge in [-0.2, -0.15) is 5.10 Å². The number of ether oxygens (including phenoxy) is 1. The molecule has 1 fully saturated rings. The fourth-order valence-corrected chi connectivity index (χ4v) is 4.36. The van der Waals surface area contributed by atoms with Crippen LogP contribution in [0.1, 0.15) is 45.4 Å². The number of carbonyl (C=O) groups excluding carboxylic acids is 1. The first-order chi connectivity index (χ1) is 13.7. The number of rotatable bonds is 7. The first kappa shape index (κ1) is 18.6. The van der Waals surface area contributed by atoms with E-state index in [1.54, 1.807) is 7.11 Å². The summed E-state index contributed by atoms with van der Waals surface area (Å²) in [7, 11) is 1.69. The number of carbonyl (C=O) groups is 1. The van der Waals surface area contributed by atoms with Gasteiger partial charge in [-0.05, 0) is 37.5 Å². The number of anilines is 1. The van der Waals surface area contributed by atoms with Crippen molar-refractivity contribution in [3.05, 3.63) is 30.3 Å². The molecular weight excluding hydrogens is 352 g/mol. The van der Waals surface area contributed by atoms with Crippen molar-refractivity contribution in [2.45, 2.75) is 52.0 Å². The van der Waals surface area contributed by atoms with Gasteiger partial charge < -0.3 is 14.6 Å². The molecule has 4 rings (SSSR count). The molecule has 1 saturated carbocycles. The number of benzene rings is 1. The molecule has 0 aliphatic heterocycles. The van der Waals surface area contributed by atoms with Crippen molar-refractivity contribution in [1.29, 1.82) is 0 Å². The Bertz CT molecular complexity index is 966. The lowest BCUT2D eigenvalue weighted by molar-refractivity contribution is -0.116. The Morgan fingerprint density at radius 1 is 1.32 bits per heavy atom. The largest absolute Gasteiger partial charge is 0.496 e. The van der Waals surface area contributed by atoms with Gasteiger partial charge in [-0.3, -0.25) is 9.89 Å². The highest BCUT2D eigenvalue weighted by Crippen LogP contribution is 2.33. The van der Waals surface area contributed by atoms with Crippen LogP contribution in [0.4, 0.5) is 5.82 Å². The molecule has 0 radical (unpaired) electrons. The van der Waals surface area contributed by atoms with E-state index in [4.69, 9.17) is 4.74 Å². The second kappa shape index (κ2) is 8.09. The normalized spacial score (nSPS) is 14.6. The van der Waals surface area contributed by atoms with E-state index in [0.717, 1.165) is 46.9 Å². The number of hydrogen-bond acceptors (Lipinski definition) is 3. The lowest BCUT2D eigenvalue weighted by Crippen LogP contribution is -2.12. The summed E-state index contributed by atoms with van der Waals surface area (Å²) in [5.74, 6) is 2.19. The van der Waals surface area contributed by atoms with E-state index >= 15 is 0 Å². The molecule has 28 heavy (non-hydrogen) atoms. The van der Waals surface area contributed by atoms with Crippen LogP contribution in [0.15, 0.2) is 30.3 Å². The van der Waals surface area contributed by atoms with E-state index in [2.05, 4.69) is 39.1 Å². The monoisotopic (exact) mass is 380 g/mol. The molecule has 1 aliphatic carbocycles. The average Bonchev–Trinajstić information content (AvgIpc) is 3.44. The summed E-state index contributed by atoms with van der Waals surface area (Å²) in [5, 5.41) is 11.4. The molecule has 2 aromatic heterocycles. The summed E-state index contributed by atoms with van der Waals surface area (Å²) in [6, 6.07) is 10.1. The van der Waals surface area contributed by atoms with Gasteiger partial charge in [0.1, 0.15) is 5.75 Å². The minimum atomic E-state index is 0.0441. The van der Waals surface area contributed by atoms with Gasteiger partial charge in [0, 0.05) is 24.4 Å². The van der Waals surface area contributed by atoms with Crippen LogP contribution >= 0.6 is 0 Å². The molecule has 0 spiro atoms. The van der Waals surface area contributed by atoms with E-state index in [1.807, 2.05) is 18.2 Å². The predicted molar refractivity (Wildman–Crippen MR) is 112 cm³/mol.